The molecule has 0 aliphatic carbocycles. The second kappa shape index (κ2) is 9.45. The molecule has 9 heteroatoms. The van der Waals surface area contributed by atoms with Crippen LogP contribution < -0.4 is 10.1 Å². The summed E-state index contributed by atoms with van der Waals surface area (Å²) >= 11 is 0. The highest BCUT2D eigenvalue weighted by molar-refractivity contribution is 5.65. The van der Waals surface area contributed by atoms with E-state index in [0.717, 1.165) is 28.2 Å². The molecule has 0 bridgehead atoms. The van der Waals surface area contributed by atoms with Gasteiger partial charge in [-0.3, -0.25) is 4.98 Å². The molecule has 1 aromatic carbocycles. The number of benzene rings is 1. The molecule has 4 heterocycles. The highest BCUT2D eigenvalue weighted by Crippen LogP contribution is 2.33. The molecule has 2 N–H and O–H groups in total. The molecule has 0 unspecified atom stereocenters. The van der Waals surface area contributed by atoms with Crippen LogP contribution in [-0.2, 0) is 6.42 Å². The van der Waals surface area contributed by atoms with E-state index in [2.05, 4.69) is 35.9 Å². The van der Waals surface area contributed by atoms with Gasteiger partial charge in [-0.2, -0.15) is 0 Å². The van der Waals surface area contributed by atoms with Crippen molar-refractivity contribution in [2.45, 2.75) is 20.3 Å². The van der Waals surface area contributed by atoms with Crippen LogP contribution in [0.1, 0.15) is 22.6 Å². The van der Waals surface area contributed by atoms with Crippen LogP contribution >= 0.6 is 0 Å². The summed E-state index contributed by atoms with van der Waals surface area (Å²) in [7, 11) is 0. The van der Waals surface area contributed by atoms with E-state index in [9.17, 15) is 0 Å². The SMILES string of the molecule is Cc1cc(Oc2ccnc(Nc3cccc(Cc4nnn[nH]4)c3)c2)c(-c2ccccn2)nc1C. The van der Waals surface area contributed by atoms with E-state index in [1.54, 1.807) is 12.4 Å². The number of anilines is 2. The van der Waals surface area contributed by atoms with Crippen molar-refractivity contribution in [2.75, 3.05) is 5.32 Å². The van der Waals surface area contributed by atoms with Gasteiger partial charge in [0.05, 0.1) is 5.69 Å². The van der Waals surface area contributed by atoms with Crippen LogP contribution in [0.5, 0.6) is 11.5 Å². The van der Waals surface area contributed by atoms with Gasteiger partial charge in [0.15, 0.2) is 11.6 Å². The summed E-state index contributed by atoms with van der Waals surface area (Å²) in [6.07, 6.45) is 4.06. The largest absolute Gasteiger partial charge is 0.455 e. The molecule has 0 saturated heterocycles. The van der Waals surface area contributed by atoms with Gasteiger partial charge in [0.1, 0.15) is 17.3 Å². The third kappa shape index (κ3) is 4.88. The fourth-order valence-corrected chi connectivity index (χ4v) is 3.47. The molecule has 0 aliphatic rings. The average Bonchev–Trinajstić information content (AvgIpc) is 3.35. The van der Waals surface area contributed by atoms with Crippen molar-refractivity contribution in [3.63, 3.8) is 0 Å². The van der Waals surface area contributed by atoms with Crippen molar-refractivity contribution in [2.24, 2.45) is 0 Å². The van der Waals surface area contributed by atoms with Gasteiger partial charge in [-0.25, -0.2) is 15.1 Å². The lowest BCUT2D eigenvalue weighted by atomic mass is 10.1. The molecule has 168 valence electrons. The van der Waals surface area contributed by atoms with E-state index in [1.165, 1.54) is 0 Å². The molecule has 0 fully saturated rings. The number of aromatic amines is 1. The minimum atomic E-state index is 0.606. The summed E-state index contributed by atoms with van der Waals surface area (Å²) in [5.74, 6) is 2.65. The second-order valence-corrected chi connectivity index (χ2v) is 7.78. The van der Waals surface area contributed by atoms with Gasteiger partial charge in [0, 0.05) is 36.3 Å². The van der Waals surface area contributed by atoms with Crippen LogP contribution in [0.3, 0.4) is 0 Å². The fourth-order valence-electron chi connectivity index (χ4n) is 3.47. The maximum absolute atomic E-state index is 6.26. The van der Waals surface area contributed by atoms with Gasteiger partial charge in [0.2, 0.25) is 0 Å². The van der Waals surface area contributed by atoms with Crippen LogP contribution in [0.15, 0.2) is 73.1 Å². The molecule has 0 saturated carbocycles. The van der Waals surface area contributed by atoms with Crippen molar-refractivity contribution in [1.82, 2.24) is 35.6 Å². The molecule has 0 radical (unpaired) electrons. The second-order valence-electron chi connectivity index (χ2n) is 7.78. The Balaban J connectivity index is 1.38. The molecule has 0 spiro atoms. The summed E-state index contributed by atoms with van der Waals surface area (Å²) in [4.78, 5) is 13.6. The fraction of sp³-hybridized carbons (Fsp3) is 0.120. The molecular formula is C25H22N8O. The third-order valence-electron chi connectivity index (χ3n) is 5.26. The number of hydrogen-bond donors (Lipinski definition) is 2. The number of tetrazole rings is 1. The predicted molar refractivity (Wildman–Crippen MR) is 128 cm³/mol. The molecule has 9 nitrogen and oxygen atoms in total. The number of nitrogens with one attached hydrogen (secondary N) is 2. The summed E-state index contributed by atoms with van der Waals surface area (Å²) in [5.41, 5.74) is 5.40. The monoisotopic (exact) mass is 450 g/mol. The van der Waals surface area contributed by atoms with Crippen LogP contribution in [0.2, 0.25) is 0 Å². The van der Waals surface area contributed by atoms with Crippen molar-refractivity contribution >= 4 is 11.5 Å². The number of H-pyrrole nitrogens is 1. The van der Waals surface area contributed by atoms with Gasteiger partial charge in [-0.05, 0) is 71.8 Å². The highest BCUT2D eigenvalue weighted by Gasteiger charge is 2.13. The average molecular weight is 451 g/mol. The summed E-state index contributed by atoms with van der Waals surface area (Å²) < 4.78 is 6.26. The van der Waals surface area contributed by atoms with Crippen LogP contribution in [0.4, 0.5) is 11.5 Å². The first-order chi connectivity index (χ1) is 16.6. The van der Waals surface area contributed by atoms with Crippen LogP contribution in [0, 0.1) is 13.8 Å². The van der Waals surface area contributed by atoms with Crippen molar-refractivity contribution in [1.29, 1.82) is 0 Å². The minimum absolute atomic E-state index is 0.606. The van der Waals surface area contributed by atoms with Gasteiger partial charge < -0.3 is 10.1 Å². The topological polar surface area (TPSA) is 114 Å². The predicted octanol–water partition coefficient (Wildman–Crippen LogP) is 4.80. The standard InChI is InChI=1S/C25H22N8O/c1-16-12-22(25(28-17(16)2)21-8-3-4-10-26-21)34-20-9-11-27-23(15-20)29-19-7-5-6-18(13-19)14-24-30-32-33-31-24/h3-13,15H,14H2,1-2H3,(H,27,29)(H,30,31,32,33). The van der Waals surface area contributed by atoms with Crippen molar-refractivity contribution < 1.29 is 4.74 Å². The van der Waals surface area contributed by atoms with E-state index < -0.39 is 0 Å². The Bertz CT molecular complexity index is 1400. The Labute approximate surface area is 196 Å². The quantitative estimate of drug-likeness (QED) is 0.364. The minimum Gasteiger partial charge on any atom is -0.455 e. The Morgan fingerprint density at radius 2 is 1.88 bits per heavy atom. The maximum Gasteiger partial charge on any atom is 0.155 e. The zero-order chi connectivity index (χ0) is 23.3. The number of pyridine rings is 3. The number of aromatic nitrogens is 7. The van der Waals surface area contributed by atoms with E-state index in [-0.39, 0.29) is 0 Å². The lowest BCUT2D eigenvalue weighted by Gasteiger charge is -2.14. The molecule has 5 rings (SSSR count). The highest BCUT2D eigenvalue weighted by atomic mass is 16.5. The van der Waals surface area contributed by atoms with Gasteiger partial charge in [-0.1, -0.05) is 18.2 Å². The summed E-state index contributed by atoms with van der Waals surface area (Å²) in [6, 6.07) is 19.4. The van der Waals surface area contributed by atoms with Crippen LogP contribution in [0.25, 0.3) is 11.4 Å². The van der Waals surface area contributed by atoms with Crippen molar-refractivity contribution in [3.8, 4) is 22.9 Å². The molecule has 0 amide bonds. The molecule has 4 aromatic heterocycles. The van der Waals surface area contributed by atoms with E-state index in [0.29, 0.717) is 35.3 Å². The Hall–Kier alpha value is -4.66. The molecule has 34 heavy (non-hydrogen) atoms. The van der Waals surface area contributed by atoms with E-state index >= 15 is 0 Å². The number of rotatable bonds is 7. The van der Waals surface area contributed by atoms with Crippen molar-refractivity contribution in [3.05, 3.63) is 95.7 Å². The number of ether oxygens (including phenoxy) is 1. The molecule has 0 atom stereocenters. The smallest absolute Gasteiger partial charge is 0.155 e. The van der Waals surface area contributed by atoms with E-state index in [1.807, 2.05) is 74.5 Å². The molecule has 0 aliphatic heterocycles. The zero-order valence-corrected chi connectivity index (χ0v) is 18.7. The lowest BCUT2D eigenvalue weighted by molar-refractivity contribution is 0.481. The third-order valence-corrected chi connectivity index (χ3v) is 5.26. The summed E-state index contributed by atoms with van der Waals surface area (Å²) in [6.45, 7) is 3.99. The first kappa shape index (κ1) is 21.2. The maximum atomic E-state index is 6.26. The van der Waals surface area contributed by atoms with E-state index in [4.69, 9.17) is 9.72 Å². The normalized spacial score (nSPS) is 10.8. The number of nitrogens with zero attached hydrogens (tertiary/aromatic N) is 6. The van der Waals surface area contributed by atoms with Gasteiger partial charge in [-0.15, -0.1) is 5.10 Å². The summed E-state index contributed by atoms with van der Waals surface area (Å²) in [5, 5.41) is 17.3. The number of hydrogen-bond acceptors (Lipinski definition) is 8. The Morgan fingerprint density at radius 1 is 0.941 bits per heavy atom. The first-order valence-corrected chi connectivity index (χ1v) is 10.8. The Kier molecular flexibility index (Phi) is 5.89. The van der Waals surface area contributed by atoms with Gasteiger partial charge in [0.25, 0.3) is 0 Å². The number of aryl methyl sites for hydroxylation is 2. The van der Waals surface area contributed by atoms with Gasteiger partial charge >= 0.3 is 0 Å². The molecule has 5 aromatic rings. The first-order valence-electron chi connectivity index (χ1n) is 10.8. The van der Waals surface area contributed by atoms with Crippen LogP contribution in [-0.4, -0.2) is 35.6 Å². The lowest BCUT2D eigenvalue weighted by Crippen LogP contribution is -1.99. The Morgan fingerprint density at radius 3 is 2.71 bits per heavy atom. The molecular weight excluding hydrogens is 428 g/mol. The zero-order valence-electron chi connectivity index (χ0n) is 18.7.